The zero-order valence-corrected chi connectivity index (χ0v) is 31.0. The molecule has 0 radical (unpaired) electrons. The van der Waals surface area contributed by atoms with Crippen molar-refractivity contribution in [2.45, 2.75) is 19.3 Å². The standard InChI is InChI=1S/C50H37N3S/c1-50(2)45-24-13-12-23-43(45)44-33-41(27-29-46(44)50)53(39-22-14-21-38(32-39)52(36-17-8-4-9-18-36)37-19-10-5-11-20-37)40-26-28-42-35(31-40)25-30-47-48(42)51-49(54-47)34-15-6-3-7-16-34/h3-33H,1-2H3. The molecule has 0 N–H and O–H groups in total. The van der Waals surface area contributed by atoms with E-state index in [2.05, 4.69) is 212 Å². The summed E-state index contributed by atoms with van der Waals surface area (Å²) in [5.74, 6) is 0. The highest BCUT2D eigenvalue weighted by molar-refractivity contribution is 7.21. The van der Waals surface area contributed by atoms with Gasteiger partial charge in [-0.1, -0.05) is 129 Å². The first-order valence-corrected chi connectivity index (χ1v) is 19.3. The fourth-order valence-corrected chi connectivity index (χ4v) is 9.20. The molecule has 0 saturated heterocycles. The largest absolute Gasteiger partial charge is 0.310 e. The van der Waals surface area contributed by atoms with Crippen molar-refractivity contribution in [3.05, 3.63) is 199 Å². The summed E-state index contributed by atoms with van der Waals surface area (Å²) in [5, 5.41) is 3.37. The summed E-state index contributed by atoms with van der Waals surface area (Å²) in [5.41, 5.74) is 14.1. The number of aromatic nitrogens is 1. The Balaban J connectivity index is 1.15. The van der Waals surface area contributed by atoms with Crippen LogP contribution in [0.15, 0.2) is 188 Å². The quantitative estimate of drug-likeness (QED) is 0.164. The second-order valence-electron chi connectivity index (χ2n) is 14.5. The first-order chi connectivity index (χ1) is 26.5. The fraction of sp³-hybridized carbons (Fsp3) is 0.0600. The molecule has 1 heterocycles. The molecule has 8 aromatic carbocycles. The highest BCUT2D eigenvalue weighted by Gasteiger charge is 2.35. The highest BCUT2D eigenvalue weighted by atomic mass is 32.1. The molecule has 1 aliphatic rings. The number of rotatable bonds is 7. The lowest BCUT2D eigenvalue weighted by atomic mass is 9.82. The molecule has 0 unspecified atom stereocenters. The van der Waals surface area contributed by atoms with Gasteiger partial charge in [-0.05, 0) is 100 Å². The van der Waals surface area contributed by atoms with Crippen LogP contribution in [-0.4, -0.2) is 4.98 Å². The molecule has 1 aromatic heterocycles. The van der Waals surface area contributed by atoms with Crippen LogP contribution in [0.4, 0.5) is 34.1 Å². The Bertz CT molecular complexity index is 2770. The first kappa shape index (κ1) is 32.2. The van der Waals surface area contributed by atoms with Gasteiger partial charge in [0.25, 0.3) is 0 Å². The molecule has 0 fully saturated rings. The SMILES string of the molecule is CC1(C)c2ccccc2-c2cc(N(c3cccc(N(c4ccccc4)c4ccccc4)c3)c3ccc4c(ccc5sc(-c6ccccc6)nc54)c3)ccc21. The van der Waals surface area contributed by atoms with Gasteiger partial charge in [-0.15, -0.1) is 11.3 Å². The van der Waals surface area contributed by atoms with Crippen molar-refractivity contribution in [3.63, 3.8) is 0 Å². The Labute approximate surface area is 320 Å². The normalized spacial score (nSPS) is 12.8. The van der Waals surface area contributed by atoms with Crippen molar-refractivity contribution >= 4 is 66.5 Å². The maximum absolute atomic E-state index is 5.16. The Morgan fingerprint density at radius 2 is 1.00 bits per heavy atom. The zero-order valence-electron chi connectivity index (χ0n) is 30.1. The van der Waals surface area contributed by atoms with Crippen LogP contribution >= 0.6 is 11.3 Å². The molecular weight excluding hydrogens is 675 g/mol. The number of hydrogen-bond acceptors (Lipinski definition) is 4. The summed E-state index contributed by atoms with van der Waals surface area (Å²) in [6.07, 6.45) is 0. The molecule has 0 atom stereocenters. The van der Waals surface area contributed by atoms with E-state index in [1.807, 2.05) is 0 Å². The number of nitrogens with zero attached hydrogens (tertiary/aromatic N) is 3. The third-order valence-corrected chi connectivity index (χ3v) is 11.9. The molecule has 0 saturated carbocycles. The first-order valence-electron chi connectivity index (χ1n) is 18.5. The predicted molar refractivity (Wildman–Crippen MR) is 229 cm³/mol. The van der Waals surface area contributed by atoms with E-state index in [-0.39, 0.29) is 5.41 Å². The molecule has 4 heteroatoms. The van der Waals surface area contributed by atoms with E-state index in [9.17, 15) is 0 Å². The minimum atomic E-state index is -0.0679. The molecule has 258 valence electrons. The number of fused-ring (bicyclic) bond motifs is 6. The monoisotopic (exact) mass is 711 g/mol. The summed E-state index contributed by atoms with van der Waals surface area (Å²) in [6.45, 7) is 4.68. The second kappa shape index (κ2) is 12.9. The van der Waals surface area contributed by atoms with Crippen molar-refractivity contribution in [1.82, 2.24) is 4.98 Å². The van der Waals surface area contributed by atoms with Gasteiger partial charge in [0.1, 0.15) is 5.01 Å². The maximum Gasteiger partial charge on any atom is 0.124 e. The van der Waals surface area contributed by atoms with E-state index in [1.54, 1.807) is 11.3 Å². The molecule has 9 aromatic rings. The van der Waals surface area contributed by atoms with Crippen molar-refractivity contribution in [1.29, 1.82) is 0 Å². The van der Waals surface area contributed by atoms with Gasteiger partial charge in [-0.3, -0.25) is 0 Å². The third kappa shape index (κ3) is 5.38. The molecule has 0 amide bonds. The molecule has 10 rings (SSSR count). The van der Waals surface area contributed by atoms with E-state index >= 15 is 0 Å². The average molecular weight is 712 g/mol. The summed E-state index contributed by atoms with van der Waals surface area (Å²) in [6, 6.07) is 67.8. The predicted octanol–water partition coefficient (Wildman–Crippen LogP) is 14.4. The lowest BCUT2D eigenvalue weighted by Gasteiger charge is -2.30. The van der Waals surface area contributed by atoms with Crippen molar-refractivity contribution in [3.8, 4) is 21.7 Å². The van der Waals surface area contributed by atoms with Gasteiger partial charge in [0.15, 0.2) is 0 Å². The third-order valence-electron chi connectivity index (χ3n) is 10.8. The molecule has 0 aliphatic heterocycles. The van der Waals surface area contributed by atoms with E-state index in [0.29, 0.717) is 0 Å². The Kier molecular flexibility index (Phi) is 7.67. The molecule has 0 spiro atoms. The van der Waals surface area contributed by atoms with Gasteiger partial charge in [0, 0.05) is 50.5 Å². The summed E-state index contributed by atoms with van der Waals surface area (Å²) >= 11 is 1.75. The van der Waals surface area contributed by atoms with Gasteiger partial charge >= 0.3 is 0 Å². The van der Waals surface area contributed by atoms with E-state index in [4.69, 9.17) is 4.98 Å². The van der Waals surface area contributed by atoms with E-state index < -0.39 is 0 Å². The van der Waals surface area contributed by atoms with Crippen LogP contribution in [0.3, 0.4) is 0 Å². The minimum Gasteiger partial charge on any atom is -0.310 e. The fourth-order valence-electron chi connectivity index (χ4n) is 8.22. The molecular formula is C50H37N3S. The topological polar surface area (TPSA) is 19.4 Å². The number of benzene rings is 8. The van der Waals surface area contributed by atoms with Crippen LogP contribution in [0.2, 0.25) is 0 Å². The number of thiazole rings is 1. The van der Waals surface area contributed by atoms with Crippen molar-refractivity contribution in [2.75, 3.05) is 9.80 Å². The summed E-state index contributed by atoms with van der Waals surface area (Å²) in [4.78, 5) is 9.90. The van der Waals surface area contributed by atoms with E-state index in [1.165, 1.54) is 27.0 Å². The molecule has 1 aliphatic carbocycles. The van der Waals surface area contributed by atoms with Crippen molar-refractivity contribution in [2.24, 2.45) is 0 Å². The number of para-hydroxylation sites is 2. The minimum absolute atomic E-state index is 0.0679. The summed E-state index contributed by atoms with van der Waals surface area (Å²) in [7, 11) is 0. The van der Waals surface area contributed by atoms with Crippen LogP contribution in [0.25, 0.3) is 42.7 Å². The number of hydrogen-bond donors (Lipinski definition) is 0. The van der Waals surface area contributed by atoms with Gasteiger partial charge in [-0.25, -0.2) is 4.98 Å². The zero-order chi connectivity index (χ0) is 36.2. The smallest absolute Gasteiger partial charge is 0.124 e. The van der Waals surface area contributed by atoms with Gasteiger partial charge in [0.2, 0.25) is 0 Å². The highest BCUT2D eigenvalue weighted by Crippen LogP contribution is 2.51. The Hall–Kier alpha value is -6.49. The van der Waals surface area contributed by atoms with E-state index in [0.717, 1.165) is 61.0 Å². The van der Waals surface area contributed by atoms with Crippen LogP contribution in [0.5, 0.6) is 0 Å². The van der Waals surface area contributed by atoms with Crippen LogP contribution in [0, 0.1) is 0 Å². The lowest BCUT2D eigenvalue weighted by molar-refractivity contribution is 0.660. The van der Waals surface area contributed by atoms with Crippen molar-refractivity contribution < 1.29 is 0 Å². The van der Waals surface area contributed by atoms with Gasteiger partial charge in [-0.2, -0.15) is 0 Å². The van der Waals surface area contributed by atoms with Crippen LogP contribution in [0.1, 0.15) is 25.0 Å². The van der Waals surface area contributed by atoms with Crippen LogP contribution < -0.4 is 9.80 Å². The van der Waals surface area contributed by atoms with Gasteiger partial charge in [0.05, 0.1) is 10.2 Å². The Morgan fingerprint density at radius 3 is 1.72 bits per heavy atom. The molecule has 3 nitrogen and oxygen atoms in total. The molecule has 54 heavy (non-hydrogen) atoms. The Morgan fingerprint density at radius 1 is 0.444 bits per heavy atom. The number of anilines is 6. The lowest BCUT2D eigenvalue weighted by Crippen LogP contribution is -2.15. The maximum atomic E-state index is 5.16. The molecule has 0 bridgehead atoms. The average Bonchev–Trinajstić information content (AvgIpc) is 3.76. The second-order valence-corrected chi connectivity index (χ2v) is 15.5. The van der Waals surface area contributed by atoms with Crippen LogP contribution in [-0.2, 0) is 5.41 Å². The summed E-state index contributed by atoms with van der Waals surface area (Å²) < 4.78 is 1.19. The van der Waals surface area contributed by atoms with Gasteiger partial charge < -0.3 is 9.80 Å².